The summed E-state index contributed by atoms with van der Waals surface area (Å²) in [5.74, 6) is 0.845. The molecule has 3 aromatic rings. The van der Waals surface area contributed by atoms with Gasteiger partial charge in [0.05, 0.1) is 23.3 Å². The van der Waals surface area contributed by atoms with E-state index in [9.17, 15) is 9.90 Å². The minimum Gasteiger partial charge on any atom is -0.390 e. The smallest absolute Gasteiger partial charge is 0.251 e. The predicted octanol–water partition coefficient (Wildman–Crippen LogP) is 4.39. The van der Waals surface area contributed by atoms with Gasteiger partial charge in [-0.2, -0.15) is 0 Å². The van der Waals surface area contributed by atoms with Crippen LogP contribution >= 0.6 is 11.9 Å². The molecule has 0 saturated heterocycles. The summed E-state index contributed by atoms with van der Waals surface area (Å²) < 4.78 is 4.50. The number of nitrogens with one attached hydrogen (secondary N) is 2. The Morgan fingerprint density at radius 3 is 2.69 bits per heavy atom. The van der Waals surface area contributed by atoms with Gasteiger partial charge >= 0.3 is 0 Å². The van der Waals surface area contributed by atoms with Crippen molar-refractivity contribution in [3.8, 4) is 0 Å². The number of aromatic nitrogens is 1. The van der Waals surface area contributed by atoms with Gasteiger partial charge < -0.3 is 24.6 Å². The number of hydrogen-bond acceptors (Lipinski definition) is 5. The molecule has 1 aliphatic heterocycles. The molecule has 2 aromatic carbocycles. The number of carbonyl (C=O) groups excluding carboxylic acids is 1. The third kappa shape index (κ3) is 5.85. The topological polar surface area (TPSA) is 69.5 Å². The van der Waals surface area contributed by atoms with Crippen LogP contribution in [0.25, 0.3) is 10.9 Å². The summed E-state index contributed by atoms with van der Waals surface area (Å²) in [5.41, 5.74) is 5.24. The van der Waals surface area contributed by atoms with E-state index in [-0.39, 0.29) is 5.91 Å². The van der Waals surface area contributed by atoms with Gasteiger partial charge in [0.25, 0.3) is 5.91 Å². The molecule has 0 unspecified atom stereocenters. The molecule has 7 heteroatoms. The molecule has 1 aliphatic rings. The van der Waals surface area contributed by atoms with Gasteiger partial charge in [-0.25, -0.2) is 0 Å². The zero-order valence-electron chi connectivity index (χ0n) is 21.3. The first-order valence-corrected chi connectivity index (χ1v) is 13.6. The third-order valence-corrected chi connectivity index (χ3v) is 7.95. The van der Waals surface area contributed by atoms with Gasteiger partial charge in [0, 0.05) is 49.1 Å². The van der Waals surface area contributed by atoms with Crippen molar-refractivity contribution < 1.29 is 9.90 Å². The van der Waals surface area contributed by atoms with Crippen molar-refractivity contribution >= 4 is 34.4 Å². The van der Waals surface area contributed by atoms with Crippen LogP contribution < -0.4 is 14.9 Å². The number of aliphatic hydroxyl groups is 1. The van der Waals surface area contributed by atoms with E-state index in [1.54, 1.807) is 11.9 Å². The third-order valence-electron chi connectivity index (χ3n) is 7.00. The number of rotatable bonds is 10. The van der Waals surface area contributed by atoms with E-state index in [0.717, 1.165) is 41.8 Å². The summed E-state index contributed by atoms with van der Waals surface area (Å²) in [7, 11) is 2.07. The van der Waals surface area contributed by atoms with E-state index >= 15 is 0 Å². The van der Waals surface area contributed by atoms with E-state index in [2.05, 4.69) is 53.5 Å². The molecular weight excluding hydrogens is 456 g/mol. The van der Waals surface area contributed by atoms with E-state index in [0.29, 0.717) is 24.6 Å². The molecule has 4 rings (SSSR count). The molecule has 2 heterocycles. The number of hydrogen-bond donors (Lipinski definition) is 3. The second-order valence-electron chi connectivity index (χ2n) is 9.48. The Morgan fingerprint density at radius 2 is 1.97 bits per heavy atom. The molecule has 0 bridgehead atoms. The minimum atomic E-state index is -0.705. The molecule has 0 aliphatic carbocycles. The SMILES string of the molecule is CCc1cn2c3c(cc(C(=O)N[C@@H](Cc4ccccc4)[C@H](O)CN[C@@H](C)CC)cc13)N(C)SCC2. The molecule has 0 spiro atoms. The molecule has 6 nitrogen and oxygen atoms in total. The van der Waals surface area contributed by atoms with Gasteiger partial charge in [0.2, 0.25) is 0 Å². The van der Waals surface area contributed by atoms with Gasteiger partial charge in [0.15, 0.2) is 0 Å². The zero-order valence-corrected chi connectivity index (χ0v) is 22.1. The van der Waals surface area contributed by atoms with E-state index < -0.39 is 12.1 Å². The second kappa shape index (κ2) is 11.5. The average Bonchev–Trinajstić information content (AvgIpc) is 3.15. The van der Waals surface area contributed by atoms with Crippen LogP contribution in [-0.2, 0) is 19.4 Å². The number of nitrogens with zero attached hydrogens (tertiary/aromatic N) is 2. The van der Waals surface area contributed by atoms with Gasteiger partial charge in [-0.15, -0.1) is 0 Å². The van der Waals surface area contributed by atoms with E-state index in [1.165, 1.54) is 11.1 Å². The Labute approximate surface area is 213 Å². The summed E-state index contributed by atoms with van der Waals surface area (Å²) in [6.07, 6.45) is 4.00. The summed E-state index contributed by atoms with van der Waals surface area (Å²) in [5, 5.41) is 18.8. The number of carbonyl (C=O) groups is 1. The van der Waals surface area contributed by atoms with Crippen LogP contribution in [0.2, 0.25) is 0 Å². The molecule has 35 heavy (non-hydrogen) atoms. The standard InChI is InChI=1S/C28H38N4O2S/c1-5-19(3)29-17-26(33)24(14-20-10-8-7-9-11-20)30-28(34)22-15-23-21(6-2)18-32-12-13-35-31(4)25(16-22)27(23)32/h7-11,15-16,18-19,24,26,29,33H,5-6,12-14,17H2,1-4H3,(H,30,34)/t19-,24-,26+/m0/s1. The summed E-state index contributed by atoms with van der Waals surface area (Å²) >= 11 is 1.77. The number of benzene rings is 2. The Kier molecular flexibility index (Phi) is 8.42. The minimum absolute atomic E-state index is 0.149. The molecule has 3 N–H and O–H groups in total. The normalized spacial score (nSPS) is 16.1. The lowest BCUT2D eigenvalue weighted by molar-refractivity contribution is 0.0825. The van der Waals surface area contributed by atoms with Crippen molar-refractivity contribution in [2.24, 2.45) is 0 Å². The highest BCUT2D eigenvalue weighted by molar-refractivity contribution is 8.00. The number of aryl methyl sites for hydroxylation is 2. The van der Waals surface area contributed by atoms with Gasteiger partial charge in [-0.1, -0.05) is 44.2 Å². The summed E-state index contributed by atoms with van der Waals surface area (Å²) in [4.78, 5) is 13.6. The lowest BCUT2D eigenvalue weighted by atomic mass is 9.99. The van der Waals surface area contributed by atoms with Crippen molar-refractivity contribution in [3.63, 3.8) is 0 Å². The van der Waals surface area contributed by atoms with Crippen LogP contribution in [0.15, 0.2) is 48.7 Å². The van der Waals surface area contributed by atoms with Crippen LogP contribution in [0.4, 0.5) is 5.69 Å². The number of aliphatic hydroxyl groups excluding tert-OH is 1. The molecular formula is C28H38N4O2S. The Balaban J connectivity index is 1.63. The van der Waals surface area contributed by atoms with Gasteiger partial charge in [-0.05, 0) is 61.4 Å². The first kappa shape index (κ1) is 25.6. The van der Waals surface area contributed by atoms with Crippen molar-refractivity contribution in [2.45, 2.75) is 64.8 Å². The molecule has 1 aromatic heterocycles. The number of anilines is 1. The van der Waals surface area contributed by atoms with Crippen LogP contribution in [0.5, 0.6) is 0 Å². The van der Waals surface area contributed by atoms with Crippen LogP contribution in [0.1, 0.15) is 48.7 Å². The Morgan fingerprint density at radius 1 is 1.20 bits per heavy atom. The van der Waals surface area contributed by atoms with Crippen LogP contribution in [0, 0.1) is 0 Å². The van der Waals surface area contributed by atoms with Crippen molar-refractivity contribution in [3.05, 3.63) is 65.4 Å². The van der Waals surface area contributed by atoms with Crippen LogP contribution in [0.3, 0.4) is 0 Å². The maximum Gasteiger partial charge on any atom is 0.251 e. The average molecular weight is 495 g/mol. The molecule has 3 atom stereocenters. The fraction of sp³-hybridized carbons (Fsp3) is 0.464. The molecule has 188 valence electrons. The fourth-order valence-electron chi connectivity index (χ4n) is 4.67. The first-order valence-electron chi connectivity index (χ1n) is 12.7. The Hall–Kier alpha value is -2.48. The second-order valence-corrected chi connectivity index (χ2v) is 10.7. The quantitative estimate of drug-likeness (QED) is 0.365. The van der Waals surface area contributed by atoms with E-state index in [1.807, 2.05) is 42.5 Å². The van der Waals surface area contributed by atoms with Gasteiger partial charge in [0.1, 0.15) is 0 Å². The fourth-order valence-corrected chi connectivity index (χ4v) is 5.50. The Bertz CT molecular complexity index is 1150. The predicted molar refractivity (Wildman–Crippen MR) is 147 cm³/mol. The summed E-state index contributed by atoms with van der Waals surface area (Å²) in [6.45, 7) is 7.77. The lowest BCUT2D eigenvalue weighted by Gasteiger charge is -2.26. The maximum atomic E-state index is 13.6. The highest BCUT2D eigenvalue weighted by Crippen LogP contribution is 2.37. The highest BCUT2D eigenvalue weighted by atomic mass is 32.2. The largest absolute Gasteiger partial charge is 0.390 e. The van der Waals surface area contributed by atoms with Gasteiger partial charge in [-0.3, -0.25) is 4.79 Å². The molecule has 1 amide bonds. The van der Waals surface area contributed by atoms with Crippen molar-refractivity contribution in [2.75, 3.05) is 23.7 Å². The number of amides is 1. The molecule has 0 fully saturated rings. The maximum absolute atomic E-state index is 13.6. The molecule has 0 radical (unpaired) electrons. The lowest BCUT2D eigenvalue weighted by Crippen LogP contribution is -2.49. The molecule has 0 saturated carbocycles. The first-order chi connectivity index (χ1) is 16.9. The van der Waals surface area contributed by atoms with Crippen LogP contribution in [-0.4, -0.2) is 53.1 Å². The van der Waals surface area contributed by atoms with Crippen molar-refractivity contribution in [1.82, 2.24) is 15.2 Å². The highest BCUT2D eigenvalue weighted by Gasteiger charge is 2.25. The van der Waals surface area contributed by atoms with E-state index in [4.69, 9.17) is 0 Å². The monoisotopic (exact) mass is 494 g/mol. The zero-order chi connectivity index (χ0) is 24.9. The van der Waals surface area contributed by atoms with Crippen molar-refractivity contribution in [1.29, 1.82) is 0 Å². The summed E-state index contributed by atoms with van der Waals surface area (Å²) in [6, 6.07) is 14.0.